The predicted molar refractivity (Wildman–Crippen MR) is 55.1 cm³/mol. The number of carboxylic acids is 1. The topological polar surface area (TPSA) is 61.4 Å². The molecule has 14 heavy (non-hydrogen) atoms. The Hall–Kier alpha value is -1.55. The van der Waals surface area contributed by atoms with Crippen LogP contribution in [0.2, 0.25) is 0 Å². The molecular weight excluding hydrogens is 180 g/mol. The normalized spacial score (nSPS) is 9.79. The van der Waals surface area contributed by atoms with Crippen molar-refractivity contribution in [3.05, 3.63) is 29.8 Å². The summed E-state index contributed by atoms with van der Waals surface area (Å²) in [6, 6.07) is 7.78. The van der Waals surface area contributed by atoms with Crippen molar-refractivity contribution in [2.45, 2.75) is 13.3 Å². The molecule has 3 N–H and O–H groups in total. The largest absolute Gasteiger partial charge is 0.480 e. The number of hydrogen-bond donors (Lipinski definition) is 3. The molecule has 0 bridgehead atoms. The second kappa shape index (κ2) is 5.24. The predicted octanol–water partition coefficient (Wildman–Crippen LogP) is 1.25. The number of carboxylic acid groups (broad SMARTS) is 1. The molecule has 1 aromatic carbocycles. The van der Waals surface area contributed by atoms with Crippen LogP contribution in [0.4, 0.5) is 5.69 Å². The van der Waals surface area contributed by atoms with Gasteiger partial charge in [0.15, 0.2) is 0 Å². The van der Waals surface area contributed by atoms with Crippen LogP contribution in [-0.4, -0.2) is 17.6 Å². The summed E-state index contributed by atoms with van der Waals surface area (Å²) in [5, 5.41) is 8.42. The Bertz CT molecular complexity index is 313. The maximum absolute atomic E-state index is 10.2. The zero-order valence-electron chi connectivity index (χ0n) is 8.08. The SMILES string of the molecule is CCc1ccccc1NNCC(=O)O. The molecule has 0 aliphatic carbocycles. The number of hydrogen-bond acceptors (Lipinski definition) is 3. The molecule has 0 aliphatic rings. The summed E-state index contributed by atoms with van der Waals surface area (Å²) in [5.41, 5.74) is 7.58. The van der Waals surface area contributed by atoms with E-state index in [1.165, 1.54) is 0 Å². The summed E-state index contributed by atoms with van der Waals surface area (Å²) in [6.07, 6.45) is 0.915. The maximum atomic E-state index is 10.2. The summed E-state index contributed by atoms with van der Waals surface area (Å²) >= 11 is 0. The molecule has 0 spiro atoms. The highest BCUT2D eigenvalue weighted by molar-refractivity contribution is 5.69. The quantitative estimate of drug-likeness (QED) is 0.617. The third kappa shape index (κ3) is 3.06. The first kappa shape index (κ1) is 10.5. The van der Waals surface area contributed by atoms with Crippen LogP contribution < -0.4 is 10.9 Å². The van der Waals surface area contributed by atoms with Gasteiger partial charge in [-0.15, -0.1) is 0 Å². The Morgan fingerprint density at radius 1 is 1.43 bits per heavy atom. The summed E-state index contributed by atoms with van der Waals surface area (Å²) in [5.74, 6) is -0.883. The lowest BCUT2D eigenvalue weighted by Gasteiger charge is -2.10. The minimum Gasteiger partial charge on any atom is -0.480 e. The highest BCUT2D eigenvalue weighted by Crippen LogP contribution is 2.13. The van der Waals surface area contributed by atoms with Crippen molar-refractivity contribution in [1.29, 1.82) is 0 Å². The lowest BCUT2D eigenvalue weighted by molar-refractivity contribution is -0.135. The van der Waals surface area contributed by atoms with Gasteiger partial charge in [0.2, 0.25) is 0 Å². The highest BCUT2D eigenvalue weighted by Gasteiger charge is 1.99. The smallest absolute Gasteiger partial charge is 0.319 e. The summed E-state index contributed by atoms with van der Waals surface area (Å²) in [6.45, 7) is 1.95. The second-order valence-corrected chi connectivity index (χ2v) is 2.88. The highest BCUT2D eigenvalue weighted by atomic mass is 16.4. The Kier molecular flexibility index (Phi) is 3.94. The van der Waals surface area contributed by atoms with Crippen molar-refractivity contribution in [1.82, 2.24) is 5.43 Å². The first-order valence-corrected chi connectivity index (χ1v) is 4.52. The van der Waals surface area contributed by atoms with Crippen molar-refractivity contribution >= 4 is 11.7 Å². The Balaban J connectivity index is 2.53. The number of nitrogens with one attached hydrogen (secondary N) is 2. The van der Waals surface area contributed by atoms with Gasteiger partial charge in [-0.05, 0) is 18.1 Å². The number of hydrazine groups is 1. The molecule has 0 saturated carbocycles. The molecule has 1 rings (SSSR count). The van der Waals surface area contributed by atoms with E-state index in [9.17, 15) is 4.79 Å². The first-order valence-electron chi connectivity index (χ1n) is 4.52. The zero-order chi connectivity index (χ0) is 10.4. The van der Waals surface area contributed by atoms with Gasteiger partial charge in [-0.2, -0.15) is 0 Å². The van der Waals surface area contributed by atoms with Crippen LogP contribution >= 0.6 is 0 Å². The minimum absolute atomic E-state index is 0.0992. The van der Waals surface area contributed by atoms with Gasteiger partial charge in [-0.25, -0.2) is 5.43 Å². The standard InChI is InChI=1S/C10H14N2O2/c1-2-8-5-3-4-6-9(8)12-11-7-10(13)14/h3-6,11-12H,2,7H2,1H3,(H,13,14). The van der Waals surface area contributed by atoms with E-state index in [0.717, 1.165) is 17.7 Å². The van der Waals surface area contributed by atoms with Gasteiger partial charge >= 0.3 is 5.97 Å². The number of carbonyl (C=O) groups is 1. The molecular formula is C10H14N2O2. The number of aliphatic carboxylic acids is 1. The van der Waals surface area contributed by atoms with Crippen molar-refractivity contribution in [2.24, 2.45) is 0 Å². The van der Waals surface area contributed by atoms with Crippen LogP contribution in [0.15, 0.2) is 24.3 Å². The maximum Gasteiger partial charge on any atom is 0.319 e. The molecule has 0 saturated heterocycles. The first-order chi connectivity index (χ1) is 6.74. The third-order valence-electron chi connectivity index (χ3n) is 1.86. The van der Waals surface area contributed by atoms with Gasteiger partial charge in [0.05, 0.1) is 5.69 Å². The van der Waals surface area contributed by atoms with Crippen molar-refractivity contribution in [3.8, 4) is 0 Å². The average molecular weight is 194 g/mol. The fraction of sp³-hybridized carbons (Fsp3) is 0.300. The van der Waals surface area contributed by atoms with Gasteiger partial charge in [0.25, 0.3) is 0 Å². The van der Waals surface area contributed by atoms with Crippen LogP contribution in [0.5, 0.6) is 0 Å². The average Bonchev–Trinajstić information content (AvgIpc) is 2.18. The van der Waals surface area contributed by atoms with Crippen LogP contribution in [0, 0.1) is 0 Å². The fourth-order valence-corrected chi connectivity index (χ4v) is 1.17. The fourth-order valence-electron chi connectivity index (χ4n) is 1.17. The van der Waals surface area contributed by atoms with Crippen molar-refractivity contribution in [3.63, 3.8) is 0 Å². The molecule has 0 amide bonds. The molecule has 1 aromatic rings. The van der Waals surface area contributed by atoms with E-state index >= 15 is 0 Å². The lowest BCUT2D eigenvalue weighted by atomic mass is 10.1. The van der Waals surface area contributed by atoms with E-state index in [-0.39, 0.29) is 6.54 Å². The Morgan fingerprint density at radius 3 is 2.79 bits per heavy atom. The van der Waals surface area contributed by atoms with Crippen LogP contribution in [0.25, 0.3) is 0 Å². The number of rotatable bonds is 5. The van der Waals surface area contributed by atoms with Gasteiger partial charge in [-0.3, -0.25) is 4.79 Å². The molecule has 0 aliphatic heterocycles. The molecule has 76 valence electrons. The number of benzene rings is 1. The van der Waals surface area contributed by atoms with Gasteiger partial charge in [0, 0.05) is 0 Å². The molecule has 0 heterocycles. The van der Waals surface area contributed by atoms with E-state index in [2.05, 4.69) is 17.8 Å². The molecule has 0 unspecified atom stereocenters. The Labute approximate surface area is 82.9 Å². The Morgan fingerprint density at radius 2 is 2.14 bits per heavy atom. The van der Waals surface area contributed by atoms with E-state index in [0.29, 0.717) is 0 Å². The van der Waals surface area contributed by atoms with E-state index in [1.807, 2.05) is 24.3 Å². The van der Waals surface area contributed by atoms with Crippen LogP contribution in [0.3, 0.4) is 0 Å². The summed E-state index contributed by atoms with van der Waals surface area (Å²) in [4.78, 5) is 10.2. The zero-order valence-corrected chi connectivity index (χ0v) is 8.08. The molecule has 0 fully saturated rings. The number of anilines is 1. The monoisotopic (exact) mass is 194 g/mol. The molecule has 0 atom stereocenters. The van der Waals surface area contributed by atoms with Crippen LogP contribution in [-0.2, 0) is 11.2 Å². The number of para-hydroxylation sites is 1. The van der Waals surface area contributed by atoms with E-state index < -0.39 is 5.97 Å². The minimum atomic E-state index is -0.883. The molecule has 4 nitrogen and oxygen atoms in total. The molecule has 4 heteroatoms. The molecule has 0 radical (unpaired) electrons. The summed E-state index contributed by atoms with van der Waals surface area (Å²) < 4.78 is 0. The lowest BCUT2D eigenvalue weighted by Crippen LogP contribution is -2.28. The van der Waals surface area contributed by atoms with Crippen molar-refractivity contribution in [2.75, 3.05) is 12.0 Å². The van der Waals surface area contributed by atoms with E-state index in [4.69, 9.17) is 5.11 Å². The van der Waals surface area contributed by atoms with E-state index in [1.54, 1.807) is 0 Å². The van der Waals surface area contributed by atoms with Gasteiger partial charge < -0.3 is 10.5 Å². The van der Waals surface area contributed by atoms with Crippen LogP contribution in [0.1, 0.15) is 12.5 Å². The summed E-state index contributed by atoms with van der Waals surface area (Å²) in [7, 11) is 0. The number of aryl methyl sites for hydroxylation is 1. The second-order valence-electron chi connectivity index (χ2n) is 2.88. The third-order valence-corrected chi connectivity index (χ3v) is 1.86. The molecule has 0 aromatic heterocycles. The van der Waals surface area contributed by atoms with Crippen molar-refractivity contribution < 1.29 is 9.90 Å². The van der Waals surface area contributed by atoms with Gasteiger partial charge in [-0.1, -0.05) is 25.1 Å². The van der Waals surface area contributed by atoms with Gasteiger partial charge in [0.1, 0.15) is 6.54 Å².